The highest BCUT2D eigenvalue weighted by Gasteiger charge is 2.34. The molecule has 0 spiro atoms. The van der Waals surface area contributed by atoms with Crippen LogP contribution in [0, 0.1) is 0 Å². The zero-order valence-electron chi connectivity index (χ0n) is 13.0. The van der Waals surface area contributed by atoms with Gasteiger partial charge in [-0.2, -0.15) is 0 Å². The van der Waals surface area contributed by atoms with Crippen LogP contribution in [0.15, 0.2) is 12.3 Å². The Labute approximate surface area is 120 Å². The first-order valence-corrected chi connectivity index (χ1v) is 6.90. The molecule has 1 atom stereocenters. The molecule has 2 heterocycles. The monoisotopic (exact) mass is 280 g/mol. The lowest BCUT2D eigenvalue weighted by Crippen LogP contribution is -2.55. The second kappa shape index (κ2) is 5.97. The quantitative estimate of drug-likeness (QED) is 0.845. The third-order valence-electron chi connectivity index (χ3n) is 3.76. The molecule has 0 unspecified atom stereocenters. The van der Waals surface area contributed by atoms with Crippen molar-refractivity contribution in [3.8, 4) is 11.5 Å². The molecular formula is C15H24N2O3. The lowest BCUT2D eigenvalue weighted by Gasteiger charge is -2.44. The van der Waals surface area contributed by atoms with Crippen LogP contribution in [0.4, 0.5) is 0 Å². The molecule has 0 radical (unpaired) electrons. The number of hydrogen-bond acceptors (Lipinski definition) is 5. The van der Waals surface area contributed by atoms with E-state index >= 15 is 0 Å². The minimum Gasteiger partial charge on any atom is -0.493 e. The van der Waals surface area contributed by atoms with Gasteiger partial charge in [0.05, 0.1) is 26.9 Å². The van der Waals surface area contributed by atoms with Crippen LogP contribution >= 0.6 is 0 Å². The van der Waals surface area contributed by atoms with Crippen molar-refractivity contribution < 1.29 is 14.2 Å². The Morgan fingerprint density at radius 1 is 1.40 bits per heavy atom. The Kier molecular flexibility index (Phi) is 4.50. The minimum absolute atomic E-state index is 0.0116. The molecule has 1 aromatic rings. The summed E-state index contributed by atoms with van der Waals surface area (Å²) >= 11 is 0. The zero-order valence-corrected chi connectivity index (χ0v) is 13.0. The molecule has 1 aliphatic rings. The zero-order chi connectivity index (χ0) is 14.8. The topological polar surface area (TPSA) is 43.8 Å². The molecule has 1 aromatic heterocycles. The van der Waals surface area contributed by atoms with Gasteiger partial charge in [-0.15, -0.1) is 0 Å². The van der Waals surface area contributed by atoms with Gasteiger partial charge in [-0.3, -0.25) is 9.88 Å². The van der Waals surface area contributed by atoms with Gasteiger partial charge in [-0.25, -0.2) is 0 Å². The third-order valence-corrected chi connectivity index (χ3v) is 3.76. The summed E-state index contributed by atoms with van der Waals surface area (Å²) in [6, 6.07) is 1.81. The summed E-state index contributed by atoms with van der Waals surface area (Å²) in [6.45, 7) is 8.80. The van der Waals surface area contributed by atoms with E-state index in [0.29, 0.717) is 5.75 Å². The molecular weight excluding hydrogens is 256 g/mol. The average molecular weight is 280 g/mol. The maximum Gasteiger partial charge on any atom is 0.183 e. The van der Waals surface area contributed by atoms with Crippen LogP contribution in [0.5, 0.6) is 11.5 Å². The number of hydrogen-bond donors (Lipinski definition) is 0. The van der Waals surface area contributed by atoms with E-state index in [2.05, 4.69) is 30.7 Å². The summed E-state index contributed by atoms with van der Waals surface area (Å²) in [6.07, 6.45) is 1.99. The van der Waals surface area contributed by atoms with Gasteiger partial charge in [0, 0.05) is 30.9 Å². The molecule has 0 N–H and O–H groups in total. The first-order chi connectivity index (χ1) is 9.47. The van der Waals surface area contributed by atoms with Crippen LogP contribution in [0.2, 0.25) is 0 Å². The fourth-order valence-corrected chi connectivity index (χ4v) is 2.47. The predicted molar refractivity (Wildman–Crippen MR) is 77.2 cm³/mol. The molecule has 0 aliphatic carbocycles. The summed E-state index contributed by atoms with van der Waals surface area (Å²) in [5.74, 6) is 1.43. The van der Waals surface area contributed by atoms with Gasteiger partial charge in [0.15, 0.2) is 11.5 Å². The van der Waals surface area contributed by atoms with Crippen molar-refractivity contribution in [3.63, 3.8) is 0 Å². The Morgan fingerprint density at radius 3 is 2.80 bits per heavy atom. The molecule has 1 fully saturated rings. The van der Waals surface area contributed by atoms with E-state index in [4.69, 9.17) is 14.2 Å². The van der Waals surface area contributed by atoms with Gasteiger partial charge in [-0.05, 0) is 20.8 Å². The third kappa shape index (κ3) is 3.04. The van der Waals surface area contributed by atoms with Crippen molar-refractivity contribution >= 4 is 0 Å². The van der Waals surface area contributed by atoms with Crippen LogP contribution in [0.3, 0.4) is 0 Å². The van der Waals surface area contributed by atoms with Crippen molar-refractivity contribution in [1.82, 2.24) is 9.88 Å². The van der Waals surface area contributed by atoms with Gasteiger partial charge in [0.25, 0.3) is 0 Å². The number of morpholine rings is 1. The number of pyridine rings is 1. The highest BCUT2D eigenvalue weighted by Crippen LogP contribution is 2.32. The normalized spacial score (nSPS) is 22.6. The minimum atomic E-state index is -0.0116. The van der Waals surface area contributed by atoms with Crippen LogP contribution in [-0.2, 0) is 11.3 Å². The second-order valence-corrected chi connectivity index (χ2v) is 5.81. The molecule has 0 bridgehead atoms. The van der Waals surface area contributed by atoms with E-state index in [0.717, 1.165) is 31.1 Å². The smallest absolute Gasteiger partial charge is 0.183 e. The fourth-order valence-electron chi connectivity index (χ4n) is 2.47. The average Bonchev–Trinajstić information content (AvgIpc) is 2.43. The molecule has 0 saturated carbocycles. The second-order valence-electron chi connectivity index (χ2n) is 5.81. The molecule has 20 heavy (non-hydrogen) atoms. The molecule has 2 rings (SSSR count). The lowest BCUT2D eigenvalue weighted by atomic mass is 10.0. The van der Waals surface area contributed by atoms with Crippen molar-refractivity contribution in [2.45, 2.75) is 39.0 Å². The largest absolute Gasteiger partial charge is 0.493 e. The molecule has 5 nitrogen and oxygen atoms in total. The molecule has 112 valence electrons. The molecule has 1 saturated heterocycles. The van der Waals surface area contributed by atoms with Crippen molar-refractivity contribution in [2.24, 2.45) is 0 Å². The first-order valence-electron chi connectivity index (χ1n) is 6.90. The van der Waals surface area contributed by atoms with Crippen molar-refractivity contribution in [3.05, 3.63) is 18.0 Å². The maximum atomic E-state index is 5.74. The fraction of sp³-hybridized carbons (Fsp3) is 0.667. The highest BCUT2D eigenvalue weighted by molar-refractivity contribution is 5.42. The van der Waals surface area contributed by atoms with E-state index in [1.165, 1.54) is 0 Å². The van der Waals surface area contributed by atoms with Gasteiger partial charge in [0.2, 0.25) is 0 Å². The Balaban J connectivity index is 2.24. The molecule has 5 heteroatoms. The van der Waals surface area contributed by atoms with Gasteiger partial charge >= 0.3 is 0 Å². The highest BCUT2D eigenvalue weighted by atomic mass is 16.5. The summed E-state index contributed by atoms with van der Waals surface area (Å²) in [7, 11) is 3.29. The Morgan fingerprint density at radius 2 is 2.15 bits per heavy atom. The molecule has 0 amide bonds. The van der Waals surface area contributed by atoms with Crippen LogP contribution in [0.25, 0.3) is 0 Å². The molecule has 1 aliphatic heterocycles. The SMILES string of the molecule is COc1ccnc(CN2C[C@H](C)OCC2(C)C)c1OC. The predicted octanol–water partition coefficient (Wildman–Crippen LogP) is 2.10. The Hall–Kier alpha value is -1.33. The number of methoxy groups -OCH3 is 2. The Bertz CT molecular complexity index is 462. The number of nitrogens with zero attached hydrogens (tertiary/aromatic N) is 2. The summed E-state index contributed by atoms with van der Waals surface area (Å²) in [4.78, 5) is 6.84. The standard InChI is InChI=1S/C15H24N2O3/c1-11-8-17(15(2,3)10-20-11)9-12-14(19-5)13(18-4)6-7-16-12/h6-7,11H,8-10H2,1-5H3/t11-/m0/s1. The van der Waals surface area contributed by atoms with E-state index in [9.17, 15) is 0 Å². The number of ether oxygens (including phenoxy) is 3. The van der Waals surface area contributed by atoms with E-state index in [1.54, 1.807) is 20.4 Å². The van der Waals surface area contributed by atoms with Gasteiger partial charge in [-0.1, -0.05) is 0 Å². The first kappa shape index (κ1) is 15.1. The molecule has 0 aromatic carbocycles. The van der Waals surface area contributed by atoms with E-state index in [-0.39, 0.29) is 11.6 Å². The summed E-state index contributed by atoms with van der Waals surface area (Å²) in [5, 5.41) is 0. The number of aromatic nitrogens is 1. The summed E-state index contributed by atoms with van der Waals surface area (Å²) < 4.78 is 16.5. The summed E-state index contributed by atoms with van der Waals surface area (Å²) in [5.41, 5.74) is 0.886. The van der Waals surface area contributed by atoms with Gasteiger partial charge in [0.1, 0.15) is 5.69 Å². The maximum absolute atomic E-state index is 5.74. The lowest BCUT2D eigenvalue weighted by molar-refractivity contribution is -0.0955. The van der Waals surface area contributed by atoms with Crippen LogP contribution in [0.1, 0.15) is 26.5 Å². The van der Waals surface area contributed by atoms with E-state index in [1.807, 2.05) is 6.07 Å². The van der Waals surface area contributed by atoms with Crippen molar-refractivity contribution in [1.29, 1.82) is 0 Å². The number of rotatable bonds is 4. The van der Waals surface area contributed by atoms with E-state index < -0.39 is 0 Å². The van der Waals surface area contributed by atoms with Crippen LogP contribution < -0.4 is 9.47 Å². The van der Waals surface area contributed by atoms with Crippen LogP contribution in [-0.4, -0.2) is 48.9 Å². The van der Waals surface area contributed by atoms with Crippen molar-refractivity contribution in [2.75, 3.05) is 27.4 Å². The van der Waals surface area contributed by atoms with Gasteiger partial charge < -0.3 is 14.2 Å².